The van der Waals surface area contributed by atoms with Gasteiger partial charge in [-0.2, -0.15) is 0 Å². The zero-order valence-electron chi connectivity index (χ0n) is 13.8. The van der Waals surface area contributed by atoms with Gasteiger partial charge in [0.05, 0.1) is 0 Å². The van der Waals surface area contributed by atoms with Gasteiger partial charge < -0.3 is 5.11 Å². The van der Waals surface area contributed by atoms with Crippen LogP contribution in [0.25, 0.3) is 32.7 Å². The SMILES string of the molecule is CC1(C)c2ccccc2-c2cc3cc4ccccc4c(O)c3cc21. The quantitative estimate of drug-likeness (QED) is 0.395. The summed E-state index contributed by atoms with van der Waals surface area (Å²) in [6.07, 6.45) is 0. The van der Waals surface area contributed by atoms with Crippen molar-refractivity contribution in [2.75, 3.05) is 0 Å². The van der Waals surface area contributed by atoms with Crippen LogP contribution in [0.3, 0.4) is 0 Å². The second-order valence-corrected chi connectivity index (χ2v) is 7.24. The molecule has 1 aliphatic rings. The zero-order valence-corrected chi connectivity index (χ0v) is 13.8. The lowest BCUT2D eigenvalue weighted by Crippen LogP contribution is -2.14. The molecule has 24 heavy (non-hydrogen) atoms. The molecule has 4 aromatic carbocycles. The Kier molecular flexibility index (Phi) is 2.49. The summed E-state index contributed by atoms with van der Waals surface area (Å²) in [6.45, 7) is 4.53. The molecule has 0 heterocycles. The van der Waals surface area contributed by atoms with Crippen molar-refractivity contribution >= 4 is 21.5 Å². The molecule has 0 radical (unpaired) electrons. The molecule has 1 N–H and O–H groups in total. The molecule has 0 bridgehead atoms. The molecule has 0 unspecified atom stereocenters. The maximum atomic E-state index is 10.8. The number of phenolic OH excluding ortho intramolecular Hbond substituents is 1. The normalized spacial score (nSPS) is 14.8. The maximum absolute atomic E-state index is 10.8. The first-order valence-electron chi connectivity index (χ1n) is 8.36. The molecule has 4 aromatic rings. The third kappa shape index (κ3) is 1.59. The minimum Gasteiger partial charge on any atom is -0.507 e. The second kappa shape index (κ2) is 4.39. The lowest BCUT2D eigenvalue weighted by molar-refractivity contribution is 0.487. The fourth-order valence-electron chi connectivity index (χ4n) is 4.24. The van der Waals surface area contributed by atoms with Gasteiger partial charge in [-0.25, -0.2) is 0 Å². The number of fused-ring (bicyclic) bond motifs is 5. The van der Waals surface area contributed by atoms with Crippen LogP contribution in [0.2, 0.25) is 0 Å². The molecule has 1 aliphatic carbocycles. The molecule has 1 nitrogen and oxygen atoms in total. The van der Waals surface area contributed by atoms with E-state index in [1.165, 1.54) is 22.3 Å². The van der Waals surface area contributed by atoms with Crippen molar-refractivity contribution in [2.24, 2.45) is 0 Å². The summed E-state index contributed by atoms with van der Waals surface area (Å²) in [7, 11) is 0. The molecule has 0 aliphatic heterocycles. The van der Waals surface area contributed by atoms with Crippen molar-refractivity contribution in [3.05, 3.63) is 77.9 Å². The van der Waals surface area contributed by atoms with Crippen molar-refractivity contribution in [3.63, 3.8) is 0 Å². The van der Waals surface area contributed by atoms with E-state index in [9.17, 15) is 5.11 Å². The Morgan fingerprint density at radius 3 is 2.29 bits per heavy atom. The number of phenols is 1. The average Bonchev–Trinajstić information content (AvgIpc) is 2.82. The van der Waals surface area contributed by atoms with Gasteiger partial charge in [0.2, 0.25) is 0 Å². The Morgan fingerprint density at radius 2 is 1.42 bits per heavy atom. The predicted octanol–water partition coefficient (Wildman–Crippen LogP) is 6.00. The van der Waals surface area contributed by atoms with E-state index in [4.69, 9.17) is 0 Å². The molecule has 5 rings (SSSR count). The summed E-state index contributed by atoms with van der Waals surface area (Å²) in [5, 5.41) is 14.9. The predicted molar refractivity (Wildman–Crippen MR) is 101 cm³/mol. The largest absolute Gasteiger partial charge is 0.507 e. The van der Waals surface area contributed by atoms with E-state index < -0.39 is 0 Å². The highest BCUT2D eigenvalue weighted by molar-refractivity contribution is 6.07. The Balaban J connectivity index is 1.94. The van der Waals surface area contributed by atoms with Gasteiger partial charge in [-0.3, -0.25) is 0 Å². The number of hydrogen-bond donors (Lipinski definition) is 1. The van der Waals surface area contributed by atoms with Crippen LogP contribution >= 0.6 is 0 Å². The highest BCUT2D eigenvalue weighted by atomic mass is 16.3. The zero-order chi connectivity index (χ0) is 16.5. The summed E-state index contributed by atoms with van der Waals surface area (Å²) in [5.74, 6) is 0.387. The number of aromatic hydroxyl groups is 1. The van der Waals surface area contributed by atoms with Gasteiger partial charge in [0.25, 0.3) is 0 Å². The number of benzene rings is 4. The molecule has 0 saturated heterocycles. The van der Waals surface area contributed by atoms with Crippen molar-refractivity contribution in [2.45, 2.75) is 19.3 Å². The van der Waals surface area contributed by atoms with Gasteiger partial charge in [0.1, 0.15) is 5.75 Å². The Bertz CT molecular complexity index is 1140. The van der Waals surface area contributed by atoms with Gasteiger partial charge in [0.15, 0.2) is 0 Å². The Labute approximate surface area is 141 Å². The molecular formula is C23H18O. The first-order valence-corrected chi connectivity index (χ1v) is 8.36. The van der Waals surface area contributed by atoms with Gasteiger partial charge in [0, 0.05) is 16.2 Å². The van der Waals surface area contributed by atoms with Gasteiger partial charge >= 0.3 is 0 Å². The molecule has 0 spiro atoms. The fraction of sp³-hybridized carbons (Fsp3) is 0.130. The summed E-state index contributed by atoms with van der Waals surface area (Å²) in [5.41, 5.74) is 5.21. The molecule has 0 amide bonds. The lowest BCUT2D eigenvalue weighted by atomic mass is 9.81. The molecule has 0 atom stereocenters. The van der Waals surface area contributed by atoms with Gasteiger partial charge in [-0.1, -0.05) is 62.4 Å². The van der Waals surface area contributed by atoms with Crippen molar-refractivity contribution in [3.8, 4) is 16.9 Å². The summed E-state index contributed by atoms with van der Waals surface area (Å²) >= 11 is 0. The molecular weight excluding hydrogens is 292 g/mol. The van der Waals surface area contributed by atoms with Crippen LogP contribution in [-0.2, 0) is 5.41 Å². The number of hydrogen-bond acceptors (Lipinski definition) is 1. The molecule has 1 heteroatoms. The maximum Gasteiger partial charge on any atom is 0.131 e. The van der Waals surface area contributed by atoms with Crippen molar-refractivity contribution in [1.29, 1.82) is 0 Å². The van der Waals surface area contributed by atoms with E-state index in [0.29, 0.717) is 5.75 Å². The van der Waals surface area contributed by atoms with Gasteiger partial charge in [-0.05, 0) is 51.2 Å². The Hall–Kier alpha value is -2.80. The first kappa shape index (κ1) is 13.6. The van der Waals surface area contributed by atoms with Crippen molar-refractivity contribution in [1.82, 2.24) is 0 Å². The van der Waals surface area contributed by atoms with Crippen LogP contribution in [-0.4, -0.2) is 5.11 Å². The monoisotopic (exact) mass is 310 g/mol. The minimum absolute atomic E-state index is 0.0435. The van der Waals surface area contributed by atoms with Crippen LogP contribution in [0.15, 0.2) is 66.7 Å². The highest BCUT2D eigenvalue weighted by Gasteiger charge is 2.35. The number of rotatable bonds is 0. The molecule has 116 valence electrons. The van der Waals surface area contributed by atoms with Crippen LogP contribution < -0.4 is 0 Å². The smallest absolute Gasteiger partial charge is 0.131 e. The topological polar surface area (TPSA) is 20.2 Å². The standard InChI is InChI=1S/C23H18O/c1-23(2)20-10-6-5-9-17(20)19-12-15-11-14-7-3-4-8-16(14)22(24)18(15)13-21(19)23/h3-13,24H,1-2H3. The summed E-state index contributed by atoms with van der Waals surface area (Å²) < 4.78 is 0. The second-order valence-electron chi connectivity index (χ2n) is 7.24. The van der Waals surface area contributed by atoms with Gasteiger partial charge in [-0.15, -0.1) is 0 Å². The van der Waals surface area contributed by atoms with E-state index in [2.05, 4.69) is 62.4 Å². The van der Waals surface area contributed by atoms with E-state index >= 15 is 0 Å². The van der Waals surface area contributed by atoms with Crippen LogP contribution in [0.4, 0.5) is 0 Å². The average molecular weight is 310 g/mol. The molecule has 0 aromatic heterocycles. The molecule has 0 saturated carbocycles. The first-order chi connectivity index (χ1) is 11.6. The molecule has 0 fully saturated rings. The van der Waals surface area contributed by atoms with E-state index in [1.54, 1.807) is 0 Å². The summed E-state index contributed by atoms with van der Waals surface area (Å²) in [6, 6.07) is 23.3. The van der Waals surface area contributed by atoms with Crippen molar-refractivity contribution < 1.29 is 5.11 Å². The van der Waals surface area contributed by atoms with Crippen LogP contribution in [0, 0.1) is 0 Å². The van der Waals surface area contributed by atoms with Crippen LogP contribution in [0.5, 0.6) is 5.75 Å². The minimum atomic E-state index is -0.0435. The van der Waals surface area contributed by atoms with E-state index in [0.717, 1.165) is 21.5 Å². The van der Waals surface area contributed by atoms with Crippen LogP contribution in [0.1, 0.15) is 25.0 Å². The van der Waals surface area contributed by atoms with E-state index in [1.807, 2.05) is 18.2 Å². The van der Waals surface area contributed by atoms with E-state index in [-0.39, 0.29) is 5.41 Å². The lowest BCUT2D eigenvalue weighted by Gasteiger charge is -2.22. The third-order valence-electron chi connectivity index (χ3n) is 5.54. The summed E-state index contributed by atoms with van der Waals surface area (Å²) in [4.78, 5) is 0. The highest BCUT2D eigenvalue weighted by Crippen LogP contribution is 2.50. The fourth-order valence-corrected chi connectivity index (χ4v) is 4.24. The Morgan fingerprint density at radius 1 is 0.667 bits per heavy atom. The third-order valence-corrected chi connectivity index (χ3v) is 5.54.